The van der Waals surface area contributed by atoms with Crippen LogP contribution in [0.15, 0.2) is 30.3 Å². The Kier molecular flexibility index (Phi) is 3.54. The first-order valence-corrected chi connectivity index (χ1v) is 5.37. The number of ether oxygens (including phenoxy) is 1. The molecule has 1 aliphatic heterocycles. The largest absolute Gasteiger partial charge is 0.356 e. The molecule has 0 spiro atoms. The molecule has 4 heteroatoms. The van der Waals surface area contributed by atoms with Crippen molar-refractivity contribution in [3.05, 3.63) is 35.9 Å². The van der Waals surface area contributed by atoms with E-state index in [9.17, 15) is 4.79 Å². The third-order valence-electron chi connectivity index (χ3n) is 2.58. The maximum absolute atomic E-state index is 12.1. The van der Waals surface area contributed by atoms with E-state index in [0.29, 0.717) is 12.2 Å². The zero-order chi connectivity index (χ0) is 11.4. The average Bonchev–Trinajstić information content (AvgIpc) is 2.85. The molecule has 1 heterocycles. The molecule has 1 aromatic rings. The van der Waals surface area contributed by atoms with E-state index >= 15 is 0 Å². The third kappa shape index (κ3) is 2.23. The van der Waals surface area contributed by atoms with E-state index in [-0.39, 0.29) is 12.1 Å². The van der Waals surface area contributed by atoms with Gasteiger partial charge in [-0.05, 0) is 25.0 Å². The highest BCUT2D eigenvalue weighted by atomic mass is 16.7. The van der Waals surface area contributed by atoms with Gasteiger partial charge in [0.05, 0.1) is 7.11 Å². The minimum Gasteiger partial charge on any atom is -0.356 e. The molecule has 16 heavy (non-hydrogen) atoms. The molecule has 1 fully saturated rings. The van der Waals surface area contributed by atoms with Crippen molar-refractivity contribution in [2.75, 3.05) is 13.7 Å². The molecular formula is C12H15NO3. The number of hydrogen-bond donors (Lipinski definition) is 0. The molecule has 0 aliphatic carbocycles. The molecule has 1 aromatic carbocycles. The summed E-state index contributed by atoms with van der Waals surface area (Å²) >= 11 is 0. The number of carbonyl (C=O) groups excluding carboxylic acids is 1. The van der Waals surface area contributed by atoms with Crippen LogP contribution >= 0.6 is 0 Å². The summed E-state index contributed by atoms with van der Waals surface area (Å²) in [5.41, 5.74) is 0.611. The minimum absolute atomic E-state index is 0.157. The van der Waals surface area contributed by atoms with Gasteiger partial charge >= 0.3 is 0 Å². The van der Waals surface area contributed by atoms with E-state index in [1.807, 2.05) is 18.2 Å². The lowest BCUT2D eigenvalue weighted by Gasteiger charge is -2.25. The Morgan fingerprint density at radius 3 is 2.75 bits per heavy atom. The highest BCUT2D eigenvalue weighted by Crippen LogP contribution is 2.18. The number of carbonyl (C=O) groups is 1. The maximum Gasteiger partial charge on any atom is 0.279 e. The van der Waals surface area contributed by atoms with Crippen LogP contribution in [0, 0.1) is 0 Å². The van der Waals surface area contributed by atoms with E-state index in [4.69, 9.17) is 9.57 Å². The second-order valence-corrected chi connectivity index (χ2v) is 3.65. The van der Waals surface area contributed by atoms with Crippen LogP contribution in [-0.2, 0) is 9.57 Å². The lowest BCUT2D eigenvalue weighted by atomic mass is 10.2. The quantitative estimate of drug-likeness (QED) is 0.731. The Morgan fingerprint density at radius 2 is 2.19 bits per heavy atom. The molecule has 86 valence electrons. The highest BCUT2D eigenvalue weighted by molar-refractivity contribution is 5.93. The molecule has 0 saturated carbocycles. The van der Waals surface area contributed by atoms with Gasteiger partial charge < -0.3 is 4.74 Å². The molecule has 0 unspecified atom stereocenters. The summed E-state index contributed by atoms with van der Waals surface area (Å²) in [6.07, 6.45) is 1.54. The van der Waals surface area contributed by atoms with Crippen LogP contribution in [0.25, 0.3) is 0 Å². The molecule has 1 amide bonds. The first-order chi connectivity index (χ1) is 7.83. The predicted octanol–water partition coefficient (Wildman–Crippen LogP) is 1.83. The van der Waals surface area contributed by atoms with Gasteiger partial charge in [0.1, 0.15) is 0 Å². The fourth-order valence-electron chi connectivity index (χ4n) is 1.78. The number of nitrogens with zero attached hydrogens (tertiary/aromatic N) is 1. The van der Waals surface area contributed by atoms with E-state index in [2.05, 4.69) is 0 Å². The molecular weight excluding hydrogens is 206 g/mol. The van der Waals surface area contributed by atoms with Crippen molar-refractivity contribution >= 4 is 5.91 Å². The number of hydrogen-bond acceptors (Lipinski definition) is 3. The van der Waals surface area contributed by atoms with Crippen LogP contribution in [0.2, 0.25) is 0 Å². The lowest BCUT2D eigenvalue weighted by molar-refractivity contribution is -0.186. The summed E-state index contributed by atoms with van der Waals surface area (Å²) in [5, 5.41) is 1.31. The van der Waals surface area contributed by atoms with Gasteiger partial charge in [0.15, 0.2) is 6.23 Å². The number of hydroxylamine groups is 2. The molecule has 2 rings (SSSR count). The Morgan fingerprint density at radius 1 is 1.44 bits per heavy atom. The van der Waals surface area contributed by atoms with Crippen LogP contribution in [0.3, 0.4) is 0 Å². The molecule has 4 nitrogen and oxygen atoms in total. The van der Waals surface area contributed by atoms with Gasteiger partial charge in [-0.3, -0.25) is 9.63 Å². The first-order valence-electron chi connectivity index (χ1n) is 5.37. The molecule has 0 N–H and O–H groups in total. The molecule has 1 atom stereocenters. The summed E-state index contributed by atoms with van der Waals surface area (Å²) in [5.74, 6) is -0.157. The van der Waals surface area contributed by atoms with Gasteiger partial charge in [0.2, 0.25) is 0 Å². The summed E-state index contributed by atoms with van der Waals surface area (Å²) in [4.78, 5) is 17.2. The van der Waals surface area contributed by atoms with E-state index in [1.54, 1.807) is 12.1 Å². The van der Waals surface area contributed by atoms with Gasteiger partial charge in [0, 0.05) is 12.2 Å². The third-order valence-corrected chi connectivity index (χ3v) is 2.58. The second kappa shape index (κ2) is 5.09. The van der Waals surface area contributed by atoms with Crippen LogP contribution < -0.4 is 0 Å². The van der Waals surface area contributed by atoms with Crippen LogP contribution in [0.4, 0.5) is 0 Å². The highest BCUT2D eigenvalue weighted by Gasteiger charge is 2.28. The first kappa shape index (κ1) is 11.1. The Hall–Kier alpha value is -1.39. The summed E-state index contributed by atoms with van der Waals surface area (Å²) in [6, 6.07) is 9.07. The molecule has 0 radical (unpaired) electrons. The molecule has 0 aromatic heterocycles. The van der Waals surface area contributed by atoms with Crippen molar-refractivity contribution in [1.29, 1.82) is 0 Å². The standard InChI is InChI=1S/C12H15NO3/c1-15-13(11-8-5-9-16-11)12(14)10-6-3-2-4-7-10/h2-4,6-7,11H,5,8-9H2,1H3/t11-/m1/s1. The molecule has 1 saturated heterocycles. The Labute approximate surface area is 94.7 Å². The topological polar surface area (TPSA) is 38.8 Å². The Balaban J connectivity index is 2.12. The molecule has 1 aliphatic rings. The number of amides is 1. The minimum atomic E-state index is -0.252. The van der Waals surface area contributed by atoms with Crippen molar-refractivity contribution in [3.8, 4) is 0 Å². The Bertz CT molecular complexity index is 347. The van der Waals surface area contributed by atoms with Gasteiger partial charge in [-0.1, -0.05) is 18.2 Å². The monoisotopic (exact) mass is 221 g/mol. The van der Waals surface area contributed by atoms with Gasteiger partial charge in [0.25, 0.3) is 5.91 Å². The number of benzene rings is 1. The summed E-state index contributed by atoms with van der Waals surface area (Å²) in [6.45, 7) is 0.687. The van der Waals surface area contributed by atoms with Crippen molar-refractivity contribution in [1.82, 2.24) is 5.06 Å². The van der Waals surface area contributed by atoms with Gasteiger partial charge in [-0.2, -0.15) is 5.06 Å². The van der Waals surface area contributed by atoms with Crippen molar-refractivity contribution in [2.45, 2.75) is 19.1 Å². The van der Waals surface area contributed by atoms with Crippen LogP contribution in [0.5, 0.6) is 0 Å². The van der Waals surface area contributed by atoms with Crippen LogP contribution in [0.1, 0.15) is 23.2 Å². The summed E-state index contributed by atoms with van der Waals surface area (Å²) in [7, 11) is 1.49. The SMILES string of the molecule is CON(C(=O)c1ccccc1)[C@H]1CCCO1. The van der Waals surface area contributed by atoms with Gasteiger partial charge in [-0.25, -0.2) is 0 Å². The van der Waals surface area contributed by atoms with Crippen LogP contribution in [-0.4, -0.2) is 30.9 Å². The van der Waals surface area contributed by atoms with E-state index < -0.39 is 0 Å². The summed E-state index contributed by atoms with van der Waals surface area (Å²) < 4.78 is 5.43. The number of rotatable bonds is 3. The lowest BCUT2D eigenvalue weighted by Crippen LogP contribution is -2.39. The normalized spacial score (nSPS) is 19.7. The van der Waals surface area contributed by atoms with Crippen molar-refractivity contribution < 1.29 is 14.4 Å². The van der Waals surface area contributed by atoms with E-state index in [1.165, 1.54) is 12.2 Å². The van der Waals surface area contributed by atoms with Gasteiger partial charge in [-0.15, -0.1) is 0 Å². The zero-order valence-corrected chi connectivity index (χ0v) is 9.26. The second-order valence-electron chi connectivity index (χ2n) is 3.65. The predicted molar refractivity (Wildman–Crippen MR) is 58.6 cm³/mol. The van der Waals surface area contributed by atoms with Crippen molar-refractivity contribution in [2.24, 2.45) is 0 Å². The average molecular weight is 221 g/mol. The smallest absolute Gasteiger partial charge is 0.279 e. The van der Waals surface area contributed by atoms with Crippen molar-refractivity contribution in [3.63, 3.8) is 0 Å². The fourth-order valence-corrected chi connectivity index (χ4v) is 1.78. The molecule has 0 bridgehead atoms. The maximum atomic E-state index is 12.1. The fraction of sp³-hybridized carbons (Fsp3) is 0.417. The zero-order valence-electron chi connectivity index (χ0n) is 9.26. The van der Waals surface area contributed by atoms with E-state index in [0.717, 1.165) is 12.8 Å².